The van der Waals surface area contributed by atoms with Gasteiger partial charge in [-0.1, -0.05) is 48.0 Å². The third-order valence-electron chi connectivity index (χ3n) is 3.40. The number of hydrogen-bond donors (Lipinski definition) is 1. The van der Waals surface area contributed by atoms with E-state index in [9.17, 15) is 8.42 Å². The Labute approximate surface area is 135 Å². The number of sulfonamides is 1. The predicted molar refractivity (Wildman–Crippen MR) is 89.8 cm³/mol. The van der Waals surface area contributed by atoms with Crippen molar-refractivity contribution in [3.8, 4) is 0 Å². The van der Waals surface area contributed by atoms with E-state index >= 15 is 0 Å². The summed E-state index contributed by atoms with van der Waals surface area (Å²) in [6.45, 7) is 2.50. The average molecular weight is 327 g/mol. The molecule has 0 radical (unpaired) electrons. The van der Waals surface area contributed by atoms with E-state index in [2.05, 4.69) is 9.82 Å². The van der Waals surface area contributed by atoms with Gasteiger partial charge in [-0.3, -0.25) is 9.40 Å². The third-order valence-corrected chi connectivity index (χ3v) is 4.77. The van der Waals surface area contributed by atoms with Gasteiger partial charge >= 0.3 is 0 Å². The Hall–Kier alpha value is -2.60. The number of aryl methyl sites for hydroxylation is 1. The summed E-state index contributed by atoms with van der Waals surface area (Å²) >= 11 is 0. The highest BCUT2D eigenvalue weighted by molar-refractivity contribution is 7.92. The molecule has 0 unspecified atom stereocenters. The van der Waals surface area contributed by atoms with E-state index in [1.54, 1.807) is 41.2 Å². The van der Waals surface area contributed by atoms with Crippen LogP contribution in [0, 0.1) is 6.92 Å². The van der Waals surface area contributed by atoms with Gasteiger partial charge in [-0.2, -0.15) is 5.10 Å². The highest BCUT2D eigenvalue weighted by atomic mass is 32.2. The fourth-order valence-corrected chi connectivity index (χ4v) is 3.19. The lowest BCUT2D eigenvalue weighted by Gasteiger charge is -2.06. The summed E-state index contributed by atoms with van der Waals surface area (Å²) in [5.41, 5.74) is 2.11. The minimum Gasteiger partial charge on any atom is -0.266 e. The van der Waals surface area contributed by atoms with Gasteiger partial charge in [0.15, 0.2) is 5.82 Å². The van der Waals surface area contributed by atoms with Crippen LogP contribution in [-0.4, -0.2) is 18.2 Å². The molecule has 1 N–H and O–H groups in total. The first kappa shape index (κ1) is 15.3. The van der Waals surface area contributed by atoms with Gasteiger partial charge in [0.2, 0.25) is 0 Å². The Bertz CT molecular complexity index is 885. The SMILES string of the molecule is Cc1ccc(S(=O)(=O)Nc2ccn(Cc3ccccc3)n2)cc1. The average Bonchev–Trinajstić information content (AvgIpc) is 2.95. The molecule has 0 aliphatic rings. The lowest BCUT2D eigenvalue weighted by molar-refractivity contribution is 0.600. The first-order chi connectivity index (χ1) is 11.0. The predicted octanol–water partition coefficient (Wildman–Crippen LogP) is 3.04. The van der Waals surface area contributed by atoms with Crippen molar-refractivity contribution in [3.05, 3.63) is 78.0 Å². The molecule has 1 aromatic heterocycles. The van der Waals surface area contributed by atoms with Gasteiger partial charge in [-0.25, -0.2) is 8.42 Å². The summed E-state index contributed by atoms with van der Waals surface area (Å²) in [6, 6.07) is 18.2. The van der Waals surface area contributed by atoms with Crippen LogP contribution in [0.25, 0.3) is 0 Å². The zero-order valence-electron chi connectivity index (χ0n) is 12.7. The minimum absolute atomic E-state index is 0.223. The van der Waals surface area contributed by atoms with Gasteiger partial charge in [0.1, 0.15) is 0 Å². The number of benzene rings is 2. The molecule has 2 aromatic carbocycles. The molecule has 0 amide bonds. The van der Waals surface area contributed by atoms with Crippen LogP contribution >= 0.6 is 0 Å². The molecule has 3 aromatic rings. The van der Waals surface area contributed by atoms with Gasteiger partial charge < -0.3 is 0 Å². The topological polar surface area (TPSA) is 64.0 Å². The largest absolute Gasteiger partial charge is 0.266 e. The molecular formula is C17H17N3O2S. The van der Waals surface area contributed by atoms with E-state index in [0.717, 1.165) is 11.1 Å². The molecular weight excluding hydrogens is 310 g/mol. The van der Waals surface area contributed by atoms with E-state index in [1.165, 1.54) is 0 Å². The van der Waals surface area contributed by atoms with Crippen molar-refractivity contribution in [1.29, 1.82) is 0 Å². The van der Waals surface area contributed by atoms with Crippen LogP contribution in [0.4, 0.5) is 5.82 Å². The quantitative estimate of drug-likeness (QED) is 0.783. The first-order valence-electron chi connectivity index (χ1n) is 7.20. The second-order valence-electron chi connectivity index (χ2n) is 5.30. The van der Waals surface area contributed by atoms with E-state index in [4.69, 9.17) is 0 Å². The van der Waals surface area contributed by atoms with E-state index < -0.39 is 10.0 Å². The maximum atomic E-state index is 12.3. The van der Waals surface area contributed by atoms with Gasteiger partial charge in [0.05, 0.1) is 11.4 Å². The molecule has 0 saturated heterocycles. The molecule has 0 aliphatic carbocycles. The van der Waals surface area contributed by atoms with Crippen molar-refractivity contribution >= 4 is 15.8 Å². The van der Waals surface area contributed by atoms with Crippen molar-refractivity contribution < 1.29 is 8.42 Å². The molecule has 6 heteroatoms. The molecule has 0 spiro atoms. The van der Waals surface area contributed by atoms with Crippen molar-refractivity contribution in [1.82, 2.24) is 9.78 Å². The normalized spacial score (nSPS) is 11.3. The highest BCUT2D eigenvalue weighted by Gasteiger charge is 2.15. The molecule has 0 atom stereocenters. The molecule has 0 saturated carbocycles. The van der Waals surface area contributed by atoms with Crippen molar-refractivity contribution in [3.63, 3.8) is 0 Å². The Balaban J connectivity index is 1.74. The maximum absolute atomic E-state index is 12.3. The molecule has 3 rings (SSSR count). The second kappa shape index (κ2) is 6.26. The summed E-state index contributed by atoms with van der Waals surface area (Å²) in [6.07, 6.45) is 1.75. The monoisotopic (exact) mass is 327 g/mol. The van der Waals surface area contributed by atoms with Crippen LogP contribution in [0.3, 0.4) is 0 Å². The molecule has 1 heterocycles. The van der Waals surface area contributed by atoms with Crippen LogP contribution in [0.5, 0.6) is 0 Å². The molecule has 0 aliphatic heterocycles. The Kier molecular flexibility index (Phi) is 4.16. The van der Waals surface area contributed by atoms with Crippen LogP contribution in [0.1, 0.15) is 11.1 Å². The second-order valence-corrected chi connectivity index (χ2v) is 6.99. The number of anilines is 1. The molecule has 118 valence electrons. The Morgan fingerprint density at radius 1 is 1.00 bits per heavy atom. The highest BCUT2D eigenvalue weighted by Crippen LogP contribution is 2.15. The van der Waals surface area contributed by atoms with E-state index in [1.807, 2.05) is 37.3 Å². The standard InChI is InChI=1S/C17H17N3O2S/c1-14-7-9-16(10-8-14)23(21,22)19-17-11-12-20(18-17)13-15-5-3-2-4-6-15/h2-12H,13H2,1H3,(H,18,19). The number of aromatic nitrogens is 2. The van der Waals surface area contributed by atoms with E-state index in [-0.39, 0.29) is 4.90 Å². The molecule has 0 bridgehead atoms. The van der Waals surface area contributed by atoms with Gasteiger partial charge in [0.25, 0.3) is 10.0 Å². The van der Waals surface area contributed by atoms with Crippen molar-refractivity contribution in [2.45, 2.75) is 18.4 Å². The van der Waals surface area contributed by atoms with Gasteiger partial charge in [0, 0.05) is 12.3 Å². The van der Waals surface area contributed by atoms with Crippen LogP contribution in [0.2, 0.25) is 0 Å². The fourth-order valence-electron chi connectivity index (χ4n) is 2.19. The zero-order chi connectivity index (χ0) is 16.3. The first-order valence-corrected chi connectivity index (χ1v) is 8.68. The summed E-state index contributed by atoms with van der Waals surface area (Å²) in [4.78, 5) is 0.223. The van der Waals surface area contributed by atoms with Crippen molar-refractivity contribution in [2.24, 2.45) is 0 Å². The Morgan fingerprint density at radius 2 is 1.70 bits per heavy atom. The van der Waals surface area contributed by atoms with E-state index in [0.29, 0.717) is 12.4 Å². The molecule has 0 fully saturated rings. The Morgan fingerprint density at radius 3 is 2.39 bits per heavy atom. The smallest absolute Gasteiger partial charge is 0.263 e. The molecule has 5 nitrogen and oxygen atoms in total. The van der Waals surface area contributed by atoms with Crippen LogP contribution in [0.15, 0.2) is 71.8 Å². The number of rotatable bonds is 5. The summed E-state index contributed by atoms with van der Waals surface area (Å²) in [5.74, 6) is 0.307. The number of nitrogens with one attached hydrogen (secondary N) is 1. The number of nitrogens with zero attached hydrogens (tertiary/aromatic N) is 2. The summed E-state index contributed by atoms with van der Waals surface area (Å²) in [7, 11) is -3.62. The summed E-state index contributed by atoms with van der Waals surface area (Å²) < 4.78 is 28.8. The molecule has 23 heavy (non-hydrogen) atoms. The van der Waals surface area contributed by atoms with Crippen LogP contribution in [-0.2, 0) is 16.6 Å². The lowest BCUT2D eigenvalue weighted by Crippen LogP contribution is -2.13. The van der Waals surface area contributed by atoms with Gasteiger partial charge in [-0.05, 0) is 24.6 Å². The zero-order valence-corrected chi connectivity index (χ0v) is 13.5. The lowest BCUT2D eigenvalue weighted by atomic mass is 10.2. The third kappa shape index (κ3) is 3.78. The van der Waals surface area contributed by atoms with Crippen LogP contribution < -0.4 is 4.72 Å². The maximum Gasteiger partial charge on any atom is 0.263 e. The summed E-state index contributed by atoms with van der Waals surface area (Å²) in [5, 5.41) is 4.26. The fraction of sp³-hybridized carbons (Fsp3) is 0.118. The minimum atomic E-state index is -3.62. The number of hydrogen-bond acceptors (Lipinski definition) is 3. The van der Waals surface area contributed by atoms with Crippen molar-refractivity contribution in [2.75, 3.05) is 4.72 Å². The van der Waals surface area contributed by atoms with Gasteiger partial charge in [-0.15, -0.1) is 0 Å².